The van der Waals surface area contributed by atoms with Crippen molar-refractivity contribution in [3.05, 3.63) is 108 Å². The van der Waals surface area contributed by atoms with Crippen molar-refractivity contribution in [3.63, 3.8) is 0 Å². The highest BCUT2D eigenvalue weighted by atomic mass is 16.2. The lowest BCUT2D eigenvalue weighted by molar-refractivity contribution is 0.0816. The number of hydrogen-bond acceptors (Lipinski definition) is 3. The van der Waals surface area contributed by atoms with Gasteiger partial charge in [-0.1, -0.05) is 48.5 Å². The summed E-state index contributed by atoms with van der Waals surface area (Å²) in [6, 6.07) is 33.5. The minimum atomic E-state index is 0.0846. The number of amides is 1. The smallest absolute Gasteiger partial charge is 0.254 e. The molecule has 0 atom stereocenters. The van der Waals surface area contributed by atoms with Gasteiger partial charge in [0.2, 0.25) is 0 Å². The molecule has 0 saturated heterocycles. The molecule has 150 valence electrons. The van der Waals surface area contributed by atoms with Gasteiger partial charge in [0.05, 0.1) is 22.7 Å². The van der Waals surface area contributed by atoms with Crippen molar-refractivity contribution in [3.8, 4) is 0 Å². The number of carbonyl (C=O) groups excluding carboxylic acids is 1. The lowest BCUT2D eigenvalue weighted by atomic mass is 10.0. The number of hydrogen-bond donors (Lipinski definition) is 0. The third kappa shape index (κ3) is 2.65. The molecule has 4 aromatic rings. The second kappa shape index (κ2) is 6.74. The lowest BCUT2D eigenvalue weighted by Crippen LogP contribution is -2.24. The van der Waals surface area contributed by atoms with Gasteiger partial charge < -0.3 is 14.7 Å². The first-order valence-electron chi connectivity index (χ1n) is 10.4. The molecule has 0 bridgehead atoms. The highest BCUT2D eigenvalue weighted by Gasteiger charge is 2.31. The normalized spacial score (nSPS) is 14.4. The zero-order chi connectivity index (χ0) is 20.9. The van der Waals surface area contributed by atoms with Gasteiger partial charge in [-0.25, -0.2) is 0 Å². The molecule has 0 saturated carbocycles. The maximum absolute atomic E-state index is 12.7. The Morgan fingerprint density at radius 1 is 0.613 bits per heavy atom. The Balaban J connectivity index is 1.58. The highest BCUT2D eigenvalue weighted by Crippen LogP contribution is 2.54. The molecule has 4 aromatic carbocycles. The van der Waals surface area contributed by atoms with E-state index in [-0.39, 0.29) is 5.91 Å². The first kappa shape index (κ1) is 17.8. The van der Waals surface area contributed by atoms with E-state index in [1.54, 1.807) is 4.90 Å². The molecule has 2 aliphatic rings. The van der Waals surface area contributed by atoms with Crippen molar-refractivity contribution >= 4 is 40.0 Å². The molecular formula is C27H21N3O. The van der Waals surface area contributed by atoms with E-state index in [9.17, 15) is 4.79 Å². The summed E-state index contributed by atoms with van der Waals surface area (Å²) in [4.78, 5) is 19.0. The van der Waals surface area contributed by atoms with Gasteiger partial charge in [-0.3, -0.25) is 4.79 Å². The zero-order valence-corrected chi connectivity index (χ0v) is 17.2. The van der Waals surface area contributed by atoms with Gasteiger partial charge in [0.1, 0.15) is 0 Å². The molecule has 31 heavy (non-hydrogen) atoms. The van der Waals surface area contributed by atoms with Crippen LogP contribution in [0.3, 0.4) is 0 Å². The molecule has 0 spiro atoms. The first-order chi connectivity index (χ1) is 15.2. The van der Waals surface area contributed by atoms with Crippen molar-refractivity contribution in [1.82, 2.24) is 4.90 Å². The van der Waals surface area contributed by atoms with E-state index < -0.39 is 0 Å². The molecular weight excluding hydrogens is 382 g/mol. The molecule has 0 aromatic heterocycles. The number of fused-ring (bicyclic) bond motifs is 3. The van der Waals surface area contributed by atoms with Crippen LogP contribution in [0.1, 0.15) is 15.9 Å². The van der Waals surface area contributed by atoms with Crippen molar-refractivity contribution in [1.29, 1.82) is 0 Å². The van der Waals surface area contributed by atoms with Crippen LogP contribution in [0, 0.1) is 0 Å². The minimum absolute atomic E-state index is 0.0846. The Bertz CT molecular complexity index is 1270. The summed E-state index contributed by atoms with van der Waals surface area (Å²) in [7, 11) is 1.85. The molecule has 4 nitrogen and oxygen atoms in total. The van der Waals surface area contributed by atoms with Crippen molar-refractivity contribution in [2.24, 2.45) is 0 Å². The largest absolute Gasteiger partial charge is 0.337 e. The van der Waals surface area contributed by atoms with Crippen LogP contribution >= 0.6 is 0 Å². The van der Waals surface area contributed by atoms with Gasteiger partial charge in [-0.2, -0.15) is 0 Å². The van der Waals surface area contributed by atoms with Crippen molar-refractivity contribution < 1.29 is 4.79 Å². The molecule has 2 aliphatic heterocycles. The third-order valence-electron chi connectivity index (χ3n) is 6.08. The van der Waals surface area contributed by atoms with Crippen LogP contribution in [0.15, 0.2) is 97.1 Å². The molecule has 6 rings (SSSR count). The number of para-hydroxylation sites is 5. The van der Waals surface area contributed by atoms with E-state index in [4.69, 9.17) is 0 Å². The average Bonchev–Trinajstić information content (AvgIpc) is 3.11. The molecule has 4 heteroatoms. The summed E-state index contributed by atoms with van der Waals surface area (Å²) in [5.41, 5.74) is 8.38. The van der Waals surface area contributed by atoms with E-state index in [1.165, 1.54) is 0 Å². The maximum atomic E-state index is 12.7. The number of rotatable bonds is 2. The summed E-state index contributed by atoms with van der Waals surface area (Å²) in [5, 5.41) is 0. The van der Waals surface area contributed by atoms with Crippen LogP contribution in [-0.2, 0) is 6.54 Å². The molecule has 0 radical (unpaired) electrons. The summed E-state index contributed by atoms with van der Waals surface area (Å²) in [5.74, 6) is 0.0846. The summed E-state index contributed by atoms with van der Waals surface area (Å²) < 4.78 is 0. The van der Waals surface area contributed by atoms with Gasteiger partial charge in [-0.05, 0) is 54.1 Å². The monoisotopic (exact) mass is 403 g/mol. The van der Waals surface area contributed by atoms with Crippen molar-refractivity contribution in [2.45, 2.75) is 6.54 Å². The Hall–Kier alpha value is -4.05. The van der Waals surface area contributed by atoms with E-state index in [0.29, 0.717) is 6.54 Å². The van der Waals surface area contributed by atoms with E-state index in [0.717, 1.165) is 45.3 Å². The summed E-state index contributed by atoms with van der Waals surface area (Å²) >= 11 is 0. The topological polar surface area (TPSA) is 26.8 Å². The van der Waals surface area contributed by atoms with Crippen LogP contribution < -0.4 is 9.80 Å². The van der Waals surface area contributed by atoms with Crippen LogP contribution in [0.25, 0.3) is 0 Å². The summed E-state index contributed by atoms with van der Waals surface area (Å²) in [6.45, 7) is 0.670. The van der Waals surface area contributed by atoms with Crippen LogP contribution in [0.2, 0.25) is 0 Å². The SMILES string of the molecule is CN1Cc2ccc(N3c4ccccc4N(c4ccccc4)c4ccccc43)cc2C1=O. The Morgan fingerprint density at radius 2 is 1.13 bits per heavy atom. The lowest BCUT2D eigenvalue weighted by Gasteiger charge is -2.40. The van der Waals surface area contributed by atoms with Crippen LogP contribution in [0.5, 0.6) is 0 Å². The van der Waals surface area contributed by atoms with Gasteiger partial charge in [0.15, 0.2) is 0 Å². The second-order valence-corrected chi connectivity index (χ2v) is 7.99. The fraction of sp³-hybridized carbons (Fsp3) is 0.0741. The highest BCUT2D eigenvalue weighted by molar-refractivity contribution is 6.03. The van der Waals surface area contributed by atoms with E-state index >= 15 is 0 Å². The number of anilines is 6. The van der Waals surface area contributed by atoms with Crippen LogP contribution in [-0.4, -0.2) is 17.9 Å². The Kier molecular flexibility index (Phi) is 3.87. The molecule has 2 heterocycles. The van der Waals surface area contributed by atoms with Gasteiger partial charge in [-0.15, -0.1) is 0 Å². The van der Waals surface area contributed by atoms with Crippen LogP contribution in [0.4, 0.5) is 34.1 Å². The Labute approximate surface area is 181 Å². The summed E-state index contributed by atoms with van der Waals surface area (Å²) in [6.07, 6.45) is 0. The fourth-order valence-electron chi connectivity index (χ4n) is 4.65. The second-order valence-electron chi connectivity index (χ2n) is 7.99. The van der Waals surface area contributed by atoms with Crippen molar-refractivity contribution in [2.75, 3.05) is 16.8 Å². The van der Waals surface area contributed by atoms with Gasteiger partial charge in [0.25, 0.3) is 5.91 Å². The van der Waals surface area contributed by atoms with E-state index in [1.807, 2.05) is 19.2 Å². The first-order valence-corrected chi connectivity index (χ1v) is 10.4. The molecule has 0 aliphatic carbocycles. The Morgan fingerprint density at radius 3 is 1.71 bits per heavy atom. The fourth-order valence-corrected chi connectivity index (χ4v) is 4.65. The predicted octanol–water partition coefficient (Wildman–Crippen LogP) is 6.53. The van der Waals surface area contributed by atoms with Gasteiger partial charge in [0, 0.05) is 30.5 Å². The van der Waals surface area contributed by atoms with Gasteiger partial charge >= 0.3 is 0 Å². The number of nitrogens with zero attached hydrogens (tertiary/aromatic N) is 3. The zero-order valence-electron chi connectivity index (χ0n) is 17.2. The third-order valence-corrected chi connectivity index (χ3v) is 6.08. The maximum Gasteiger partial charge on any atom is 0.254 e. The molecule has 0 unspecified atom stereocenters. The quantitative estimate of drug-likeness (QED) is 0.335. The molecule has 0 N–H and O–H groups in total. The number of benzene rings is 4. The number of carbonyl (C=O) groups is 1. The van der Waals surface area contributed by atoms with E-state index in [2.05, 4.69) is 94.7 Å². The predicted molar refractivity (Wildman–Crippen MR) is 125 cm³/mol. The standard InChI is InChI=1S/C27H21N3O/c1-28-18-19-15-16-21(17-22(19)27(28)31)30-25-13-7-5-11-23(25)29(20-9-3-2-4-10-20)24-12-6-8-14-26(24)30/h2-17H,18H2,1H3. The average molecular weight is 403 g/mol. The molecule has 1 amide bonds. The minimum Gasteiger partial charge on any atom is -0.337 e. The molecule has 0 fully saturated rings.